The Morgan fingerprint density at radius 3 is 2.42 bits per heavy atom. The van der Waals surface area contributed by atoms with Crippen LogP contribution in [0.2, 0.25) is 0 Å². The molecule has 1 amide bonds. The van der Waals surface area contributed by atoms with Crippen LogP contribution in [-0.2, 0) is 21.2 Å². The molecule has 33 heavy (non-hydrogen) atoms. The normalized spacial score (nSPS) is 13.2. The first-order valence-corrected chi connectivity index (χ1v) is 12.7. The summed E-state index contributed by atoms with van der Waals surface area (Å²) < 4.78 is 35.3. The summed E-state index contributed by atoms with van der Waals surface area (Å²) in [6.07, 6.45) is 0.200. The second kappa shape index (κ2) is 11.0. The van der Waals surface area contributed by atoms with E-state index in [4.69, 9.17) is 4.74 Å². The number of carbonyl (C=O) groups is 1. The summed E-state index contributed by atoms with van der Waals surface area (Å²) in [5.74, 6) is -0.198. The Balaban J connectivity index is 1.89. The number of halogens is 1. The predicted molar refractivity (Wildman–Crippen MR) is 133 cm³/mol. The molecule has 8 heteroatoms. The Labute approximate surface area is 203 Å². The molecular formula is C25H27BrN2O4S. The molecule has 3 rings (SSSR count). The summed E-state index contributed by atoms with van der Waals surface area (Å²) in [5.41, 5.74) is 2.51. The van der Waals surface area contributed by atoms with Gasteiger partial charge in [-0.2, -0.15) is 4.72 Å². The summed E-state index contributed by atoms with van der Waals surface area (Å²) >= 11 is 3.44. The number of hydrogen-bond donors (Lipinski definition) is 2. The van der Waals surface area contributed by atoms with Gasteiger partial charge in [-0.3, -0.25) is 4.79 Å². The smallest absolute Gasteiger partial charge is 0.244 e. The quantitative estimate of drug-likeness (QED) is 0.425. The fourth-order valence-electron chi connectivity index (χ4n) is 3.46. The molecule has 0 aliphatic carbocycles. The topological polar surface area (TPSA) is 84.5 Å². The Morgan fingerprint density at radius 2 is 1.76 bits per heavy atom. The molecule has 0 aromatic heterocycles. The van der Waals surface area contributed by atoms with Crippen molar-refractivity contribution in [3.63, 3.8) is 0 Å². The average molecular weight is 531 g/mol. The number of nitrogens with one attached hydrogen (secondary N) is 2. The number of aryl methyl sites for hydroxylation is 1. The van der Waals surface area contributed by atoms with Gasteiger partial charge >= 0.3 is 0 Å². The molecule has 0 aliphatic heterocycles. The van der Waals surface area contributed by atoms with E-state index in [1.54, 1.807) is 19.1 Å². The molecule has 0 unspecified atom stereocenters. The number of carbonyl (C=O) groups excluding carboxylic acids is 1. The van der Waals surface area contributed by atoms with Crippen LogP contribution in [0.3, 0.4) is 0 Å². The molecule has 0 radical (unpaired) electrons. The van der Waals surface area contributed by atoms with Crippen LogP contribution in [0.5, 0.6) is 5.75 Å². The summed E-state index contributed by atoms with van der Waals surface area (Å²) in [5, 5.41) is 2.94. The van der Waals surface area contributed by atoms with E-state index in [1.807, 2.05) is 61.5 Å². The molecule has 2 atom stereocenters. The van der Waals surface area contributed by atoms with Gasteiger partial charge in [-0.1, -0.05) is 64.5 Å². The number of sulfonamides is 1. The fourth-order valence-corrected chi connectivity index (χ4v) is 5.32. The first-order valence-electron chi connectivity index (χ1n) is 10.5. The maximum absolute atomic E-state index is 13.3. The zero-order valence-corrected chi connectivity index (χ0v) is 21.1. The van der Waals surface area contributed by atoms with Crippen LogP contribution < -0.4 is 14.8 Å². The van der Waals surface area contributed by atoms with E-state index in [0.717, 1.165) is 21.2 Å². The SMILES string of the molecule is COc1ccc(C)cc1S(=O)(=O)N[C@@H](Cc1ccccc1)C(=O)N[C@H](C)c1cccc(Br)c1. The highest BCUT2D eigenvalue weighted by molar-refractivity contribution is 9.10. The van der Waals surface area contributed by atoms with E-state index in [0.29, 0.717) is 0 Å². The van der Waals surface area contributed by atoms with E-state index in [2.05, 4.69) is 26.0 Å². The van der Waals surface area contributed by atoms with Gasteiger partial charge in [0, 0.05) is 4.47 Å². The Bertz CT molecular complexity index is 1220. The minimum Gasteiger partial charge on any atom is -0.495 e. The standard InChI is InChI=1S/C25H27BrN2O4S/c1-17-12-13-23(32-3)24(14-17)33(30,31)28-22(15-19-8-5-4-6-9-19)25(29)27-18(2)20-10-7-11-21(26)16-20/h4-14,16,18,22,28H,15H2,1-3H3,(H,27,29)/t18-,22+/m1/s1. The largest absolute Gasteiger partial charge is 0.495 e. The molecule has 3 aromatic carbocycles. The molecule has 0 saturated carbocycles. The third kappa shape index (κ3) is 6.66. The van der Waals surface area contributed by atoms with Gasteiger partial charge in [0.15, 0.2) is 0 Å². The zero-order valence-electron chi connectivity index (χ0n) is 18.7. The molecule has 0 spiro atoms. The number of rotatable bonds is 9. The molecule has 0 aliphatic rings. The van der Waals surface area contributed by atoms with E-state index in [-0.39, 0.29) is 23.1 Å². The van der Waals surface area contributed by atoms with Gasteiger partial charge in [0.1, 0.15) is 16.7 Å². The Kier molecular flexibility index (Phi) is 8.29. The second-order valence-electron chi connectivity index (χ2n) is 7.80. The Morgan fingerprint density at radius 1 is 1.03 bits per heavy atom. The van der Waals surface area contributed by atoms with Crippen molar-refractivity contribution in [2.24, 2.45) is 0 Å². The molecule has 6 nitrogen and oxygen atoms in total. The molecule has 0 fully saturated rings. The van der Waals surface area contributed by atoms with E-state index in [9.17, 15) is 13.2 Å². The summed E-state index contributed by atoms with van der Waals surface area (Å²) in [6.45, 7) is 3.66. The Hall–Kier alpha value is -2.68. The summed E-state index contributed by atoms with van der Waals surface area (Å²) in [7, 11) is -2.63. The van der Waals surface area contributed by atoms with Crippen molar-refractivity contribution in [1.29, 1.82) is 0 Å². The highest BCUT2D eigenvalue weighted by Crippen LogP contribution is 2.25. The van der Waals surface area contributed by atoms with Crippen LogP contribution in [0.15, 0.2) is 82.2 Å². The van der Waals surface area contributed by atoms with Gasteiger partial charge < -0.3 is 10.1 Å². The highest BCUT2D eigenvalue weighted by atomic mass is 79.9. The minimum absolute atomic E-state index is 0.00380. The van der Waals surface area contributed by atoms with Crippen molar-refractivity contribution in [3.8, 4) is 5.75 Å². The van der Waals surface area contributed by atoms with Gasteiger partial charge in [-0.25, -0.2) is 8.42 Å². The third-order valence-electron chi connectivity index (χ3n) is 5.21. The van der Waals surface area contributed by atoms with Crippen molar-refractivity contribution >= 4 is 31.9 Å². The maximum atomic E-state index is 13.3. The predicted octanol–water partition coefficient (Wildman–Crippen LogP) is 4.53. The van der Waals surface area contributed by atoms with Crippen molar-refractivity contribution in [1.82, 2.24) is 10.0 Å². The van der Waals surface area contributed by atoms with Crippen molar-refractivity contribution in [2.75, 3.05) is 7.11 Å². The fraction of sp³-hybridized carbons (Fsp3) is 0.240. The number of hydrogen-bond acceptors (Lipinski definition) is 4. The first-order chi connectivity index (χ1) is 15.7. The van der Waals surface area contributed by atoms with Gasteiger partial charge in [-0.05, 0) is 61.2 Å². The van der Waals surface area contributed by atoms with Crippen molar-refractivity contribution in [3.05, 3.63) is 94.0 Å². The van der Waals surface area contributed by atoms with Gasteiger partial charge in [0.05, 0.1) is 13.2 Å². The molecule has 0 saturated heterocycles. The third-order valence-corrected chi connectivity index (χ3v) is 7.20. The van der Waals surface area contributed by atoms with Crippen molar-refractivity contribution in [2.45, 2.75) is 37.2 Å². The number of ether oxygens (including phenoxy) is 1. The maximum Gasteiger partial charge on any atom is 0.244 e. The van der Waals surface area contributed by atoms with Crippen LogP contribution in [0.4, 0.5) is 0 Å². The monoisotopic (exact) mass is 530 g/mol. The number of benzene rings is 3. The van der Waals surface area contributed by atoms with Gasteiger partial charge in [-0.15, -0.1) is 0 Å². The molecular weight excluding hydrogens is 504 g/mol. The lowest BCUT2D eigenvalue weighted by Gasteiger charge is -2.22. The van der Waals surface area contributed by atoms with Crippen LogP contribution in [0, 0.1) is 6.92 Å². The highest BCUT2D eigenvalue weighted by Gasteiger charge is 2.29. The van der Waals surface area contributed by atoms with Crippen LogP contribution in [0.25, 0.3) is 0 Å². The first kappa shape index (κ1) is 25.0. The van der Waals surface area contributed by atoms with Gasteiger partial charge in [0.25, 0.3) is 0 Å². The number of amides is 1. The second-order valence-corrected chi connectivity index (χ2v) is 10.4. The molecule has 2 N–H and O–H groups in total. The lowest BCUT2D eigenvalue weighted by molar-refractivity contribution is -0.123. The molecule has 3 aromatic rings. The molecule has 174 valence electrons. The van der Waals surface area contributed by atoms with Crippen LogP contribution in [0.1, 0.15) is 29.7 Å². The minimum atomic E-state index is -4.04. The summed E-state index contributed by atoms with van der Waals surface area (Å²) in [4.78, 5) is 13.3. The lowest BCUT2D eigenvalue weighted by atomic mass is 10.0. The number of methoxy groups -OCH3 is 1. The zero-order chi connectivity index (χ0) is 24.0. The van der Waals surface area contributed by atoms with E-state index in [1.165, 1.54) is 13.2 Å². The van der Waals surface area contributed by atoms with Crippen molar-refractivity contribution < 1.29 is 17.9 Å². The lowest BCUT2D eigenvalue weighted by Crippen LogP contribution is -2.48. The van der Waals surface area contributed by atoms with Crippen LogP contribution in [-0.4, -0.2) is 27.5 Å². The molecule has 0 bridgehead atoms. The molecule has 0 heterocycles. The van der Waals surface area contributed by atoms with E-state index >= 15 is 0 Å². The summed E-state index contributed by atoms with van der Waals surface area (Å²) in [6, 6.07) is 20.5. The van der Waals surface area contributed by atoms with Crippen LogP contribution >= 0.6 is 15.9 Å². The van der Waals surface area contributed by atoms with Gasteiger partial charge in [0.2, 0.25) is 15.9 Å². The van der Waals surface area contributed by atoms with E-state index < -0.39 is 22.0 Å². The average Bonchev–Trinajstić information content (AvgIpc) is 2.79.